The second-order valence-corrected chi connectivity index (χ2v) is 7.22. The molecule has 2 aromatic carbocycles. The summed E-state index contributed by atoms with van der Waals surface area (Å²) in [7, 11) is 0. The maximum atomic E-state index is 12.3. The summed E-state index contributed by atoms with van der Waals surface area (Å²) in [5, 5.41) is 5.85. The second kappa shape index (κ2) is 8.10. The van der Waals surface area contributed by atoms with Gasteiger partial charge >= 0.3 is 6.09 Å². The fourth-order valence-corrected chi connectivity index (χ4v) is 2.44. The van der Waals surface area contributed by atoms with Crippen molar-refractivity contribution in [3.05, 3.63) is 58.6 Å². The summed E-state index contributed by atoms with van der Waals surface area (Å²) in [5.41, 5.74) is 7.35. The molecule has 0 saturated heterocycles. The molecule has 0 radical (unpaired) electrons. The van der Waals surface area contributed by atoms with Gasteiger partial charge in [0, 0.05) is 28.5 Å². The molecule has 0 bridgehead atoms. The maximum Gasteiger partial charge on any atom is 0.407 e. The number of hydrogen-bond donors (Lipinski definition) is 3. The van der Waals surface area contributed by atoms with Gasteiger partial charge in [-0.05, 0) is 56.7 Å². The molecule has 0 saturated carbocycles. The van der Waals surface area contributed by atoms with E-state index in [1.165, 1.54) is 0 Å². The van der Waals surface area contributed by atoms with Crippen LogP contribution < -0.4 is 16.4 Å². The average Bonchev–Trinajstić information content (AvgIpc) is 2.51. The third-order valence-electron chi connectivity index (χ3n) is 3.20. The van der Waals surface area contributed by atoms with Crippen molar-refractivity contribution in [1.29, 1.82) is 0 Å². The normalized spacial score (nSPS) is 10.9. The van der Waals surface area contributed by atoms with Gasteiger partial charge in [0.1, 0.15) is 5.60 Å². The Morgan fingerprint density at radius 1 is 1.15 bits per heavy atom. The predicted octanol–water partition coefficient (Wildman–Crippen LogP) is 4.20. The lowest BCUT2D eigenvalue weighted by atomic mass is 10.1. The summed E-state index contributed by atoms with van der Waals surface area (Å²) in [6, 6.07) is 11.8. The summed E-state index contributed by atoms with van der Waals surface area (Å²) in [6.07, 6.45) is -0.499. The van der Waals surface area contributed by atoms with Crippen LogP contribution in [0, 0.1) is 0 Å². The Morgan fingerprint density at radius 3 is 2.54 bits per heavy atom. The molecule has 0 aliphatic carbocycles. The molecular weight excluding hydrogens is 354 g/mol. The standard InChI is InChI=1S/C19H22ClN3O3/c1-19(2,3)26-18(25)22-11-12-5-4-6-16(7-12)23-17(24)13-8-14(20)10-15(21)9-13/h4-10H,11,21H2,1-3H3,(H,22,25)(H,23,24). The Hall–Kier alpha value is -2.73. The number of carbonyl (C=O) groups excluding carboxylic acids is 2. The average molecular weight is 376 g/mol. The molecule has 0 aliphatic rings. The van der Waals surface area contributed by atoms with Gasteiger partial charge in [0.05, 0.1) is 0 Å². The number of alkyl carbamates (subject to hydrolysis) is 1. The number of amides is 2. The largest absolute Gasteiger partial charge is 0.444 e. The van der Waals surface area contributed by atoms with Crippen LogP contribution in [-0.2, 0) is 11.3 Å². The topological polar surface area (TPSA) is 93.5 Å². The van der Waals surface area contributed by atoms with Crippen molar-refractivity contribution in [3.8, 4) is 0 Å². The zero-order valence-electron chi connectivity index (χ0n) is 14.9. The van der Waals surface area contributed by atoms with Crippen LogP contribution in [0.4, 0.5) is 16.2 Å². The molecule has 0 fully saturated rings. The molecular formula is C19H22ClN3O3. The lowest BCUT2D eigenvalue weighted by Crippen LogP contribution is -2.32. The van der Waals surface area contributed by atoms with Crippen LogP contribution in [-0.4, -0.2) is 17.6 Å². The lowest BCUT2D eigenvalue weighted by Gasteiger charge is -2.19. The van der Waals surface area contributed by atoms with Gasteiger partial charge in [0.2, 0.25) is 0 Å². The molecule has 0 aromatic heterocycles. The Kier molecular flexibility index (Phi) is 6.10. The van der Waals surface area contributed by atoms with Crippen LogP contribution in [0.15, 0.2) is 42.5 Å². The maximum absolute atomic E-state index is 12.3. The van der Waals surface area contributed by atoms with Crippen molar-refractivity contribution < 1.29 is 14.3 Å². The minimum Gasteiger partial charge on any atom is -0.444 e. The van der Waals surface area contributed by atoms with Crippen molar-refractivity contribution >= 4 is 35.0 Å². The van der Waals surface area contributed by atoms with E-state index in [4.69, 9.17) is 22.1 Å². The fourth-order valence-electron chi connectivity index (χ4n) is 2.19. The van der Waals surface area contributed by atoms with Crippen LogP contribution in [0.1, 0.15) is 36.7 Å². The van der Waals surface area contributed by atoms with Gasteiger partial charge in [0.25, 0.3) is 5.91 Å². The van der Waals surface area contributed by atoms with Gasteiger partial charge in [-0.15, -0.1) is 0 Å². The Labute approximate surface area is 157 Å². The van der Waals surface area contributed by atoms with Crippen molar-refractivity contribution in [2.75, 3.05) is 11.1 Å². The first-order chi connectivity index (χ1) is 12.1. The SMILES string of the molecule is CC(C)(C)OC(=O)NCc1cccc(NC(=O)c2cc(N)cc(Cl)c2)c1. The Bertz CT molecular complexity index is 796. The molecule has 138 valence electrons. The van der Waals surface area contributed by atoms with Crippen molar-refractivity contribution in [3.63, 3.8) is 0 Å². The molecule has 2 rings (SSSR count). The summed E-state index contributed by atoms with van der Waals surface area (Å²) >= 11 is 5.93. The van der Waals surface area contributed by atoms with E-state index >= 15 is 0 Å². The Morgan fingerprint density at radius 2 is 1.88 bits per heavy atom. The van der Waals surface area contributed by atoms with E-state index in [2.05, 4.69) is 10.6 Å². The highest BCUT2D eigenvalue weighted by Crippen LogP contribution is 2.18. The molecule has 0 aliphatic heterocycles. The molecule has 6 nitrogen and oxygen atoms in total. The van der Waals surface area contributed by atoms with E-state index in [0.29, 0.717) is 22.0 Å². The molecule has 2 aromatic rings. The number of nitrogens with one attached hydrogen (secondary N) is 2. The van der Waals surface area contributed by atoms with Gasteiger partial charge in [-0.3, -0.25) is 4.79 Å². The third kappa shape index (κ3) is 6.29. The van der Waals surface area contributed by atoms with Crippen LogP contribution in [0.2, 0.25) is 5.02 Å². The molecule has 0 heterocycles. The van der Waals surface area contributed by atoms with E-state index in [9.17, 15) is 9.59 Å². The number of nitrogens with two attached hydrogens (primary N) is 1. The highest BCUT2D eigenvalue weighted by Gasteiger charge is 2.15. The highest BCUT2D eigenvalue weighted by atomic mass is 35.5. The lowest BCUT2D eigenvalue weighted by molar-refractivity contribution is 0.0523. The Balaban J connectivity index is 2.00. The van der Waals surface area contributed by atoms with Gasteiger partial charge in [-0.2, -0.15) is 0 Å². The summed E-state index contributed by atoms with van der Waals surface area (Å²) in [6.45, 7) is 5.67. The number of rotatable bonds is 4. The van der Waals surface area contributed by atoms with E-state index in [1.807, 2.05) is 6.07 Å². The number of hydrogen-bond acceptors (Lipinski definition) is 4. The van der Waals surface area contributed by atoms with E-state index < -0.39 is 11.7 Å². The molecule has 2 amide bonds. The van der Waals surface area contributed by atoms with Crippen LogP contribution in [0.5, 0.6) is 0 Å². The third-order valence-corrected chi connectivity index (χ3v) is 3.42. The van der Waals surface area contributed by atoms with Crippen LogP contribution in [0.3, 0.4) is 0 Å². The molecule has 4 N–H and O–H groups in total. The number of halogens is 1. The zero-order chi connectivity index (χ0) is 19.3. The van der Waals surface area contributed by atoms with Crippen LogP contribution in [0.25, 0.3) is 0 Å². The molecule has 0 spiro atoms. The molecule has 0 atom stereocenters. The monoisotopic (exact) mass is 375 g/mol. The number of nitrogen functional groups attached to an aromatic ring is 1. The van der Waals surface area contributed by atoms with Crippen LogP contribution >= 0.6 is 11.6 Å². The van der Waals surface area contributed by atoms with E-state index in [-0.39, 0.29) is 12.5 Å². The number of anilines is 2. The first kappa shape index (κ1) is 19.6. The highest BCUT2D eigenvalue weighted by molar-refractivity contribution is 6.31. The summed E-state index contributed by atoms with van der Waals surface area (Å²) < 4.78 is 5.19. The first-order valence-electron chi connectivity index (χ1n) is 8.05. The quantitative estimate of drug-likeness (QED) is 0.698. The zero-order valence-corrected chi connectivity index (χ0v) is 15.7. The van der Waals surface area contributed by atoms with E-state index in [1.54, 1.807) is 57.2 Å². The number of benzene rings is 2. The van der Waals surface area contributed by atoms with Crippen molar-refractivity contribution in [2.45, 2.75) is 32.9 Å². The minimum atomic E-state index is -0.557. The van der Waals surface area contributed by atoms with Gasteiger partial charge in [-0.1, -0.05) is 23.7 Å². The van der Waals surface area contributed by atoms with Gasteiger partial charge in [0.15, 0.2) is 0 Å². The first-order valence-corrected chi connectivity index (χ1v) is 8.43. The summed E-state index contributed by atoms with van der Waals surface area (Å²) in [4.78, 5) is 24.1. The minimum absolute atomic E-state index is 0.280. The molecule has 0 unspecified atom stereocenters. The van der Waals surface area contributed by atoms with Crippen molar-refractivity contribution in [1.82, 2.24) is 5.32 Å². The van der Waals surface area contributed by atoms with Gasteiger partial charge < -0.3 is 21.1 Å². The van der Waals surface area contributed by atoms with E-state index in [0.717, 1.165) is 5.56 Å². The number of ether oxygens (including phenoxy) is 1. The molecule has 7 heteroatoms. The molecule has 26 heavy (non-hydrogen) atoms. The number of carbonyl (C=O) groups is 2. The predicted molar refractivity (Wildman–Crippen MR) is 103 cm³/mol. The fraction of sp³-hybridized carbons (Fsp3) is 0.263. The second-order valence-electron chi connectivity index (χ2n) is 6.78. The van der Waals surface area contributed by atoms with Crippen molar-refractivity contribution in [2.24, 2.45) is 0 Å². The van der Waals surface area contributed by atoms with Gasteiger partial charge in [-0.25, -0.2) is 4.79 Å². The summed E-state index contributed by atoms with van der Waals surface area (Å²) in [5.74, 6) is -0.323. The smallest absolute Gasteiger partial charge is 0.407 e.